The molecule has 0 radical (unpaired) electrons. The monoisotopic (exact) mass is 297 g/mol. The second-order valence-corrected chi connectivity index (χ2v) is 7.24. The Kier molecular flexibility index (Phi) is 5.52. The van der Waals surface area contributed by atoms with Crippen LogP contribution in [0, 0.1) is 23.2 Å². The Bertz CT molecular complexity index is 632. The Morgan fingerprint density at radius 3 is 2.84 bits per heavy atom. The molecule has 0 amide bonds. The van der Waals surface area contributed by atoms with Crippen molar-refractivity contribution in [2.75, 3.05) is 13.6 Å². The smallest absolute Gasteiger partial charge is 0.230 e. The van der Waals surface area contributed by atoms with E-state index in [0.29, 0.717) is 6.54 Å². The van der Waals surface area contributed by atoms with Crippen LogP contribution in [0.15, 0.2) is 11.4 Å². The summed E-state index contributed by atoms with van der Waals surface area (Å²) in [5, 5.41) is 9.51. The van der Waals surface area contributed by atoms with Gasteiger partial charge in [-0.1, -0.05) is 11.8 Å². The molecule has 19 heavy (non-hydrogen) atoms. The van der Waals surface area contributed by atoms with Crippen molar-refractivity contribution in [2.45, 2.75) is 18.7 Å². The molecule has 5 nitrogen and oxygen atoms in total. The van der Waals surface area contributed by atoms with Crippen LogP contribution >= 0.6 is 11.3 Å². The van der Waals surface area contributed by atoms with Crippen LogP contribution in [0.5, 0.6) is 0 Å². The molecule has 0 saturated carbocycles. The molecule has 2 N–H and O–H groups in total. The van der Waals surface area contributed by atoms with Gasteiger partial charge in [-0.15, -0.1) is 11.3 Å². The standard InChI is InChI=1S/C12H15N3O2S2/c1-10(7-14)19(16,17)15(2)8-12-6-11(9-18-12)4-3-5-13/h6,9-10H,5,8,13H2,1-2H3. The molecule has 0 fully saturated rings. The first-order chi connectivity index (χ1) is 8.91. The van der Waals surface area contributed by atoms with Crippen LogP contribution in [-0.4, -0.2) is 31.6 Å². The molecule has 0 bridgehead atoms. The summed E-state index contributed by atoms with van der Waals surface area (Å²) in [6.45, 7) is 1.90. The minimum atomic E-state index is -3.57. The van der Waals surface area contributed by atoms with Crippen molar-refractivity contribution in [3.63, 3.8) is 0 Å². The van der Waals surface area contributed by atoms with E-state index in [1.165, 1.54) is 29.6 Å². The summed E-state index contributed by atoms with van der Waals surface area (Å²) in [6, 6.07) is 3.57. The summed E-state index contributed by atoms with van der Waals surface area (Å²) in [4.78, 5) is 0.873. The van der Waals surface area contributed by atoms with Crippen LogP contribution in [0.3, 0.4) is 0 Å². The Balaban J connectivity index is 2.81. The molecule has 1 rings (SSSR count). The number of nitriles is 1. The quantitative estimate of drug-likeness (QED) is 0.830. The maximum atomic E-state index is 11.9. The van der Waals surface area contributed by atoms with Gasteiger partial charge < -0.3 is 5.73 Å². The van der Waals surface area contributed by atoms with Crippen molar-refractivity contribution >= 4 is 21.4 Å². The van der Waals surface area contributed by atoms with Gasteiger partial charge in [0.25, 0.3) is 0 Å². The molecule has 0 spiro atoms. The molecule has 1 aromatic rings. The minimum absolute atomic E-state index is 0.239. The van der Waals surface area contributed by atoms with Gasteiger partial charge in [0.1, 0.15) is 0 Å². The molecule has 0 aromatic carbocycles. The van der Waals surface area contributed by atoms with Gasteiger partial charge in [0.2, 0.25) is 10.0 Å². The number of rotatable bonds is 4. The maximum absolute atomic E-state index is 11.9. The van der Waals surface area contributed by atoms with Crippen molar-refractivity contribution in [3.8, 4) is 17.9 Å². The number of nitrogens with zero attached hydrogens (tertiary/aromatic N) is 2. The van der Waals surface area contributed by atoms with Gasteiger partial charge in [-0.25, -0.2) is 8.42 Å². The summed E-state index contributed by atoms with van der Waals surface area (Å²) in [7, 11) is -2.11. The molecule has 0 aliphatic heterocycles. The highest BCUT2D eigenvalue weighted by Crippen LogP contribution is 2.18. The summed E-state index contributed by atoms with van der Waals surface area (Å²) in [6.07, 6.45) is 0. The third-order valence-electron chi connectivity index (χ3n) is 2.43. The summed E-state index contributed by atoms with van der Waals surface area (Å²) < 4.78 is 25.0. The lowest BCUT2D eigenvalue weighted by molar-refractivity contribution is 0.466. The van der Waals surface area contributed by atoms with Gasteiger partial charge in [0, 0.05) is 29.4 Å². The second-order valence-electron chi connectivity index (χ2n) is 3.88. The highest BCUT2D eigenvalue weighted by atomic mass is 32.2. The largest absolute Gasteiger partial charge is 0.320 e. The Morgan fingerprint density at radius 2 is 2.26 bits per heavy atom. The third-order valence-corrected chi connectivity index (χ3v) is 5.35. The van der Waals surface area contributed by atoms with Crippen LogP contribution in [0.4, 0.5) is 0 Å². The van der Waals surface area contributed by atoms with Crippen molar-refractivity contribution in [3.05, 3.63) is 21.9 Å². The first-order valence-electron chi connectivity index (χ1n) is 5.53. The number of thiophene rings is 1. The number of nitrogens with two attached hydrogens (primary N) is 1. The van der Waals surface area contributed by atoms with Gasteiger partial charge >= 0.3 is 0 Å². The maximum Gasteiger partial charge on any atom is 0.230 e. The zero-order valence-corrected chi connectivity index (χ0v) is 12.4. The lowest BCUT2D eigenvalue weighted by Crippen LogP contribution is -2.33. The number of hydrogen-bond donors (Lipinski definition) is 1. The lowest BCUT2D eigenvalue weighted by Gasteiger charge is -2.17. The summed E-state index contributed by atoms with van der Waals surface area (Å²) >= 11 is 1.43. The highest BCUT2D eigenvalue weighted by molar-refractivity contribution is 7.89. The van der Waals surface area contributed by atoms with E-state index in [0.717, 1.165) is 10.4 Å². The fraction of sp³-hybridized carbons (Fsp3) is 0.417. The zero-order chi connectivity index (χ0) is 14.5. The molecule has 1 unspecified atom stereocenters. The Hall–Kier alpha value is -1.38. The van der Waals surface area contributed by atoms with E-state index in [2.05, 4.69) is 11.8 Å². The van der Waals surface area contributed by atoms with E-state index in [1.54, 1.807) is 6.07 Å². The molecule has 1 atom stereocenters. The molecule has 102 valence electrons. The molecule has 0 aliphatic rings. The Labute approximate surface area is 117 Å². The van der Waals surface area contributed by atoms with Crippen LogP contribution in [0.1, 0.15) is 17.4 Å². The topological polar surface area (TPSA) is 87.2 Å². The average Bonchev–Trinajstić information content (AvgIpc) is 2.82. The van der Waals surface area contributed by atoms with Gasteiger partial charge in [0.15, 0.2) is 5.25 Å². The van der Waals surface area contributed by atoms with Crippen molar-refractivity contribution in [2.24, 2.45) is 5.73 Å². The van der Waals surface area contributed by atoms with Crippen LogP contribution in [0.2, 0.25) is 0 Å². The molecule has 0 aliphatic carbocycles. The zero-order valence-electron chi connectivity index (χ0n) is 10.8. The predicted octanol–water partition coefficient (Wildman–Crippen LogP) is 0.732. The van der Waals surface area contributed by atoms with Crippen molar-refractivity contribution in [1.82, 2.24) is 4.31 Å². The van der Waals surface area contributed by atoms with Gasteiger partial charge in [-0.3, -0.25) is 0 Å². The van der Waals surface area contributed by atoms with E-state index >= 15 is 0 Å². The fourth-order valence-electron chi connectivity index (χ4n) is 1.33. The molecule has 0 saturated heterocycles. The number of hydrogen-bond acceptors (Lipinski definition) is 5. The SMILES string of the molecule is CC(C#N)S(=O)(=O)N(C)Cc1cc(C#CCN)cs1. The van der Waals surface area contributed by atoms with Gasteiger partial charge in [-0.05, 0) is 13.0 Å². The summed E-state index contributed by atoms with van der Waals surface area (Å²) in [5.41, 5.74) is 6.10. The van der Waals surface area contributed by atoms with E-state index in [1.807, 2.05) is 11.4 Å². The van der Waals surface area contributed by atoms with Crippen molar-refractivity contribution < 1.29 is 8.42 Å². The first-order valence-corrected chi connectivity index (χ1v) is 7.91. The average molecular weight is 297 g/mol. The van der Waals surface area contributed by atoms with E-state index < -0.39 is 15.3 Å². The normalized spacial score (nSPS) is 12.6. The fourth-order valence-corrected chi connectivity index (χ4v) is 3.27. The minimum Gasteiger partial charge on any atom is -0.320 e. The first kappa shape index (κ1) is 15.7. The second kappa shape index (κ2) is 6.69. The van der Waals surface area contributed by atoms with E-state index in [-0.39, 0.29) is 6.54 Å². The molecule has 1 heterocycles. The molecule has 7 heteroatoms. The highest BCUT2D eigenvalue weighted by Gasteiger charge is 2.25. The van der Waals surface area contributed by atoms with Crippen LogP contribution in [0.25, 0.3) is 0 Å². The Morgan fingerprint density at radius 1 is 1.58 bits per heavy atom. The molecular weight excluding hydrogens is 282 g/mol. The van der Waals surface area contributed by atoms with Gasteiger partial charge in [-0.2, -0.15) is 9.57 Å². The van der Waals surface area contributed by atoms with E-state index in [4.69, 9.17) is 11.0 Å². The molecule has 1 aromatic heterocycles. The predicted molar refractivity (Wildman–Crippen MR) is 75.7 cm³/mol. The number of sulfonamides is 1. The lowest BCUT2D eigenvalue weighted by atomic mass is 10.3. The van der Waals surface area contributed by atoms with Crippen molar-refractivity contribution in [1.29, 1.82) is 5.26 Å². The van der Waals surface area contributed by atoms with Crippen LogP contribution in [-0.2, 0) is 16.6 Å². The van der Waals surface area contributed by atoms with Gasteiger partial charge in [0.05, 0.1) is 12.6 Å². The van der Waals surface area contributed by atoms with E-state index in [9.17, 15) is 8.42 Å². The van der Waals surface area contributed by atoms with Crippen LogP contribution < -0.4 is 5.73 Å². The molecular formula is C12H15N3O2S2. The third kappa shape index (κ3) is 4.05. The summed E-state index contributed by atoms with van der Waals surface area (Å²) in [5.74, 6) is 5.62.